The van der Waals surface area contributed by atoms with Crippen LogP contribution in [-0.4, -0.2) is 53.9 Å². The molecule has 0 saturated carbocycles. The molecule has 0 bridgehead atoms. The lowest BCUT2D eigenvalue weighted by Gasteiger charge is -2.10. The van der Waals surface area contributed by atoms with Crippen LogP contribution >= 0.6 is 23.1 Å². The molecule has 1 aliphatic rings. The number of aromatic nitrogens is 4. The van der Waals surface area contributed by atoms with Crippen LogP contribution in [0.5, 0.6) is 11.5 Å². The van der Waals surface area contributed by atoms with Gasteiger partial charge >= 0.3 is 0 Å². The monoisotopic (exact) mass is 492 g/mol. The molecule has 0 spiro atoms. The van der Waals surface area contributed by atoms with Gasteiger partial charge in [-0.05, 0) is 24.6 Å². The van der Waals surface area contributed by atoms with E-state index in [2.05, 4.69) is 16.8 Å². The highest BCUT2D eigenvalue weighted by Crippen LogP contribution is 2.35. The Morgan fingerprint density at radius 1 is 1.28 bits per heavy atom. The molecule has 2 aromatic heterocycles. The molecular weight excluding hydrogens is 468 g/mol. The van der Waals surface area contributed by atoms with Crippen LogP contribution in [0.4, 0.5) is 0 Å². The molecule has 0 N–H and O–H groups in total. The van der Waals surface area contributed by atoms with Crippen molar-refractivity contribution in [1.82, 2.24) is 19.7 Å². The maximum Gasteiger partial charge on any atom is 0.191 e. The lowest BCUT2D eigenvalue weighted by molar-refractivity contribution is 0.355. The summed E-state index contributed by atoms with van der Waals surface area (Å²) in [5.41, 5.74) is 1.89. The summed E-state index contributed by atoms with van der Waals surface area (Å²) in [6, 6.07) is 5.74. The molecule has 1 atom stereocenters. The first kappa shape index (κ1) is 22.8. The third-order valence-corrected chi connectivity index (χ3v) is 8.89. The van der Waals surface area contributed by atoms with Crippen molar-refractivity contribution in [2.45, 2.75) is 29.8 Å². The first-order valence-electron chi connectivity index (χ1n) is 9.98. The van der Waals surface area contributed by atoms with Crippen LogP contribution in [0.3, 0.4) is 0 Å². The van der Waals surface area contributed by atoms with Crippen LogP contribution in [0.15, 0.2) is 41.4 Å². The fourth-order valence-corrected chi connectivity index (χ4v) is 7.13. The zero-order chi connectivity index (χ0) is 22.7. The molecule has 170 valence electrons. The number of rotatable bonds is 9. The molecule has 11 heteroatoms. The van der Waals surface area contributed by atoms with Gasteiger partial charge in [-0.2, -0.15) is 0 Å². The van der Waals surface area contributed by atoms with Gasteiger partial charge in [0.05, 0.1) is 31.4 Å². The third kappa shape index (κ3) is 4.84. The number of thiazole rings is 1. The zero-order valence-electron chi connectivity index (χ0n) is 17.9. The van der Waals surface area contributed by atoms with Gasteiger partial charge in [-0.3, -0.25) is 0 Å². The quantitative estimate of drug-likeness (QED) is 0.329. The molecule has 0 amide bonds. The Morgan fingerprint density at radius 3 is 2.78 bits per heavy atom. The second kappa shape index (κ2) is 9.63. The highest BCUT2D eigenvalue weighted by molar-refractivity contribution is 7.98. The molecule has 3 heterocycles. The lowest BCUT2D eigenvalue weighted by Crippen LogP contribution is -2.11. The smallest absolute Gasteiger partial charge is 0.191 e. The van der Waals surface area contributed by atoms with Crippen molar-refractivity contribution in [2.24, 2.45) is 0 Å². The Morgan fingerprint density at radius 2 is 2.09 bits per heavy atom. The van der Waals surface area contributed by atoms with Gasteiger partial charge < -0.3 is 14.0 Å². The van der Waals surface area contributed by atoms with Gasteiger partial charge in [0, 0.05) is 29.2 Å². The summed E-state index contributed by atoms with van der Waals surface area (Å²) in [7, 11) is 0.227. The molecular formula is C21H24N4O4S3. The highest BCUT2D eigenvalue weighted by atomic mass is 32.2. The third-order valence-electron chi connectivity index (χ3n) is 5.19. The summed E-state index contributed by atoms with van der Waals surface area (Å²) in [5.74, 6) is 2.91. The minimum Gasteiger partial charge on any atom is -0.493 e. The van der Waals surface area contributed by atoms with E-state index in [1.165, 1.54) is 11.8 Å². The molecule has 1 aliphatic heterocycles. The van der Waals surface area contributed by atoms with E-state index in [1.807, 2.05) is 28.1 Å². The molecule has 0 unspecified atom stereocenters. The molecule has 0 aliphatic carbocycles. The van der Waals surface area contributed by atoms with Crippen LogP contribution in [0.2, 0.25) is 0 Å². The summed E-state index contributed by atoms with van der Waals surface area (Å²) in [4.78, 5) is 4.75. The van der Waals surface area contributed by atoms with E-state index >= 15 is 0 Å². The minimum atomic E-state index is -2.99. The standard InChI is InChI=1S/C21H24N4O4S3/c1-4-8-25-19(15-7-9-32(26,27)13-15)23-24-21(25)31-12-16-11-30-20(22-16)14-5-6-17(28-2)18(10-14)29-3/h4-6,10-11,15H,1,7-9,12-13H2,2-3H3/t15-/m1/s1. The van der Waals surface area contributed by atoms with Crippen molar-refractivity contribution < 1.29 is 17.9 Å². The second-order valence-electron chi connectivity index (χ2n) is 7.34. The topological polar surface area (TPSA) is 96.2 Å². The fourth-order valence-electron chi connectivity index (χ4n) is 3.62. The predicted molar refractivity (Wildman–Crippen MR) is 126 cm³/mol. The zero-order valence-corrected chi connectivity index (χ0v) is 20.3. The number of nitrogens with zero attached hydrogens (tertiary/aromatic N) is 4. The average molecular weight is 493 g/mol. The van der Waals surface area contributed by atoms with Gasteiger partial charge in [-0.15, -0.1) is 28.1 Å². The van der Waals surface area contributed by atoms with Gasteiger partial charge in [-0.1, -0.05) is 17.8 Å². The van der Waals surface area contributed by atoms with Crippen molar-refractivity contribution in [1.29, 1.82) is 0 Å². The van der Waals surface area contributed by atoms with Crippen LogP contribution in [0.25, 0.3) is 10.6 Å². The Labute approximate surface area is 195 Å². The summed E-state index contributed by atoms with van der Waals surface area (Å²) < 4.78 is 36.4. The van der Waals surface area contributed by atoms with E-state index in [1.54, 1.807) is 31.6 Å². The summed E-state index contributed by atoms with van der Waals surface area (Å²) in [6.45, 7) is 4.36. The number of sulfone groups is 1. The van der Waals surface area contributed by atoms with Crippen molar-refractivity contribution in [3.8, 4) is 22.1 Å². The van der Waals surface area contributed by atoms with E-state index in [4.69, 9.17) is 14.5 Å². The normalized spacial score (nSPS) is 17.4. The second-order valence-corrected chi connectivity index (χ2v) is 11.4. The molecule has 1 aromatic carbocycles. The molecule has 1 saturated heterocycles. The van der Waals surface area contributed by atoms with Crippen LogP contribution in [-0.2, 0) is 22.1 Å². The van der Waals surface area contributed by atoms with Crippen molar-refractivity contribution in [2.75, 3.05) is 25.7 Å². The molecule has 3 aromatic rings. The van der Waals surface area contributed by atoms with E-state index < -0.39 is 9.84 Å². The number of benzene rings is 1. The molecule has 8 nitrogen and oxygen atoms in total. The minimum absolute atomic E-state index is 0.113. The first-order valence-corrected chi connectivity index (χ1v) is 13.7. The number of hydrogen-bond acceptors (Lipinski definition) is 9. The number of hydrogen-bond donors (Lipinski definition) is 0. The molecule has 1 fully saturated rings. The summed E-state index contributed by atoms with van der Waals surface area (Å²) in [5, 5.41) is 12.3. The first-order chi connectivity index (χ1) is 15.4. The van der Waals surface area contributed by atoms with Crippen molar-refractivity contribution in [3.05, 3.63) is 47.8 Å². The highest BCUT2D eigenvalue weighted by Gasteiger charge is 2.33. The van der Waals surface area contributed by atoms with Crippen LogP contribution in [0, 0.1) is 0 Å². The summed E-state index contributed by atoms with van der Waals surface area (Å²) >= 11 is 3.10. The Balaban J connectivity index is 1.49. The van der Waals surface area contributed by atoms with Crippen molar-refractivity contribution in [3.63, 3.8) is 0 Å². The van der Waals surface area contributed by atoms with Gasteiger partial charge in [0.1, 0.15) is 10.8 Å². The van der Waals surface area contributed by atoms with Gasteiger partial charge in [-0.25, -0.2) is 13.4 Å². The Kier molecular flexibility index (Phi) is 6.87. The Hall–Kier alpha value is -2.37. The molecule has 0 radical (unpaired) electrons. The number of thioether (sulfide) groups is 1. The molecule has 4 rings (SSSR count). The fraction of sp³-hybridized carbons (Fsp3) is 0.381. The number of ether oxygens (including phenoxy) is 2. The van der Waals surface area contributed by atoms with E-state index in [0.717, 1.165) is 27.2 Å². The lowest BCUT2D eigenvalue weighted by atomic mass is 10.1. The van der Waals surface area contributed by atoms with Crippen LogP contribution in [0.1, 0.15) is 23.9 Å². The molecule has 32 heavy (non-hydrogen) atoms. The van der Waals surface area contributed by atoms with Crippen molar-refractivity contribution >= 4 is 32.9 Å². The number of allylic oxidation sites excluding steroid dienone is 1. The number of methoxy groups -OCH3 is 2. The largest absolute Gasteiger partial charge is 0.493 e. The van der Waals surface area contributed by atoms with Gasteiger partial charge in [0.15, 0.2) is 26.5 Å². The van der Waals surface area contributed by atoms with E-state index in [0.29, 0.717) is 30.2 Å². The SMILES string of the molecule is C=CCn1c(SCc2csc(-c3ccc(OC)c(OC)c3)n2)nnc1[C@@H]1CCS(=O)(=O)C1. The van der Waals surface area contributed by atoms with Crippen LogP contribution < -0.4 is 9.47 Å². The maximum atomic E-state index is 11.9. The summed E-state index contributed by atoms with van der Waals surface area (Å²) in [6.07, 6.45) is 2.36. The van der Waals surface area contributed by atoms with Gasteiger partial charge in [0.25, 0.3) is 0 Å². The van der Waals surface area contributed by atoms with E-state index in [9.17, 15) is 8.42 Å². The van der Waals surface area contributed by atoms with Gasteiger partial charge in [0.2, 0.25) is 0 Å². The predicted octanol–water partition coefficient (Wildman–Crippen LogP) is 3.80. The maximum absolute atomic E-state index is 11.9. The Bertz CT molecular complexity index is 1220. The van der Waals surface area contributed by atoms with E-state index in [-0.39, 0.29) is 17.4 Å². The average Bonchev–Trinajstić information content (AvgIpc) is 3.50.